The van der Waals surface area contributed by atoms with Gasteiger partial charge in [0.05, 0.1) is 17.2 Å². The van der Waals surface area contributed by atoms with Crippen molar-refractivity contribution in [2.24, 2.45) is 0 Å². The zero-order valence-corrected chi connectivity index (χ0v) is 13.3. The summed E-state index contributed by atoms with van der Waals surface area (Å²) in [6.45, 7) is 0.831. The number of hydrogen-bond donors (Lipinski definition) is 1. The SMILES string of the molecule is COc1ccc(-c2ccc(Cl)c(Cl)c2)c(CNC2CC2)c1. The molecule has 2 aromatic rings. The van der Waals surface area contributed by atoms with E-state index in [0.717, 1.165) is 23.4 Å². The van der Waals surface area contributed by atoms with Gasteiger partial charge in [-0.05, 0) is 53.8 Å². The summed E-state index contributed by atoms with van der Waals surface area (Å²) in [7, 11) is 1.69. The second kappa shape index (κ2) is 6.27. The van der Waals surface area contributed by atoms with E-state index in [-0.39, 0.29) is 0 Å². The van der Waals surface area contributed by atoms with Crippen molar-refractivity contribution in [3.63, 3.8) is 0 Å². The van der Waals surface area contributed by atoms with Crippen molar-refractivity contribution in [3.8, 4) is 16.9 Å². The van der Waals surface area contributed by atoms with Gasteiger partial charge in [-0.1, -0.05) is 35.3 Å². The summed E-state index contributed by atoms with van der Waals surface area (Å²) in [6.07, 6.45) is 2.54. The molecule has 0 amide bonds. The van der Waals surface area contributed by atoms with Crippen LogP contribution >= 0.6 is 23.2 Å². The summed E-state index contributed by atoms with van der Waals surface area (Å²) in [4.78, 5) is 0. The van der Waals surface area contributed by atoms with Crippen molar-refractivity contribution in [3.05, 3.63) is 52.0 Å². The quantitative estimate of drug-likeness (QED) is 0.843. The minimum absolute atomic E-state index is 0.575. The average molecular weight is 322 g/mol. The van der Waals surface area contributed by atoms with E-state index in [2.05, 4.69) is 17.4 Å². The van der Waals surface area contributed by atoms with E-state index in [4.69, 9.17) is 27.9 Å². The van der Waals surface area contributed by atoms with E-state index >= 15 is 0 Å². The Morgan fingerprint density at radius 3 is 2.57 bits per heavy atom. The number of methoxy groups -OCH3 is 1. The summed E-state index contributed by atoms with van der Waals surface area (Å²) < 4.78 is 5.34. The largest absolute Gasteiger partial charge is 0.497 e. The fourth-order valence-electron chi connectivity index (χ4n) is 2.33. The highest BCUT2D eigenvalue weighted by Crippen LogP contribution is 2.32. The Morgan fingerprint density at radius 1 is 1.10 bits per heavy atom. The molecule has 0 aromatic heterocycles. The lowest BCUT2D eigenvalue weighted by molar-refractivity contribution is 0.414. The minimum Gasteiger partial charge on any atom is -0.497 e. The third-order valence-electron chi connectivity index (χ3n) is 3.70. The topological polar surface area (TPSA) is 21.3 Å². The molecular formula is C17H17Cl2NO. The summed E-state index contributed by atoms with van der Waals surface area (Å²) in [5.74, 6) is 0.867. The number of ether oxygens (including phenoxy) is 1. The normalized spacial score (nSPS) is 14.2. The van der Waals surface area contributed by atoms with Crippen LogP contribution in [0.25, 0.3) is 11.1 Å². The highest BCUT2D eigenvalue weighted by molar-refractivity contribution is 6.42. The van der Waals surface area contributed by atoms with Gasteiger partial charge in [0.15, 0.2) is 0 Å². The van der Waals surface area contributed by atoms with Gasteiger partial charge in [0, 0.05) is 12.6 Å². The van der Waals surface area contributed by atoms with E-state index in [1.807, 2.05) is 24.3 Å². The van der Waals surface area contributed by atoms with Crippen molar-refractivity contribution in [2.45, 2.75) is 25.4 Å². The molecule has 2 nitrogen and oxygen atoms in total. The molecule has 110 valence electrons. The lowest BCUT2D eigenvalue weighted by Crippen LogP contribution is -2.16. The molecule has 0 aliphatic heterocycles. The predicted molar refractivity (Wildman–Crippen MR) is 88.3 cm³/mol. The second-order valence-electron chi connectivity index (χ2n) is 5.31. The Bertz CT molecular complexity index is 653. The maximum atomic E-state index is 6.14. The van der Waals surface area contributed by atoms with Crippen molar-refractivity contribution in [2.75, 3.05) is 7.11 Å². The molecule has 4 heteroatoms. The van der Waals surface area contributed by atoms with Crippen LogP contribution in [-0.4, -0.2) is 13.2 Å². The van der Waals surface area contributed by atoms with Gasteiger partial charge >= 0.3 is 0 Å². The molecule has 1 fully saturated rings. The summed E-state index contributed by atoms with van der Waals surface area (Å²) >= 11 is 12.1. The van der Waals surface area contributed by atoms with Gasteiger partial charge in [-0.15, -0.1) is 0 Å². The van der Waals surface area contributed by atoms with E-state index in [9.17, 15) is 0 Å². The maximum absolute atomic E-state index is 6.14. The van der Waals surface area contributed by atoms with Crippen LogP contribution in [-0.2, 0) is 6.54 Å². The van der Waals surface area contributed by atoms with Crippen LogP contribution in [0.3, 0.4) is 0 Å². The first kappa shape index (κ1) is 14.7. The van der Waals surface area contributed by atoms with Gasteiger partial charge in [0.1, 0.15) is 5.75 Å². The Kier molecular flexibility index (Phi) is 4.39. The van der Waals surface area contributed by atoms with E-state index in [0.29, 0.717) is 16.1 Å². The van der Waals surface area contributed by atoms with Gasteiger partial charge in [-0.3, -0.25) is 0 Å². The van der Waals surface area contributed by atoms with Crippen LogP contribution in [0.2, 0.25) is 10.0 Å². The van der Waals surface area contributed by atoms with Crippen LogP contribution in [0.4, 0.5) is 0 Å². The molecule has 3 rings (SSSR count). The third-order valence-corrected chi connectivity index (χ3v) is 4.44. The van der Waals surface area contributed by atoms with Crippen LogP contribution < -0.4 is 10.1 Å². The fraction of sp³-hybridized carbons (Fsp3) is 0.294. The molecule has 2 aromatic carbocycles. The fourth-order valence-corrected chi connectivity index (χ4v) is 2.63. The molecule has 21 heavy (non-hydrogen) atoms. The zero-order valence-electron chi connectivity index (χ0n) is 11.8. The number of benzene rings is 2. The first-order chi connectivity index (χ1) is 10.2. The monoisotopic (exact) mass is 321 g/mol. The van der Waals surface area contributed by atoms with Crippen molar-refractivity contribution in [1.29, 1.82) is 0 Å². The Balaban J connectivity index is 1.96. The highest BCUT2D eigenvalue weighted by atomic mass is 35.5. The molecule has 1 aliphatic rings. The van der Waals surface area contributed by atoms with Crippen molar-refractivity contribution < 1.29 is 4.74 Å². The van der Waals surface area contributed by atoms with Crippen molar-refractivity contribution in [1.82, 2.24) is 5.32 Å². The molecule has 0 radical (unpaired) electrons. The van der Waals surface area contributed by atoms with Gasteiger partial charge < -0.3 is 10.1 Å². The molecule has 0 saturated heterocycles. The van der Waals surface area contributed by atoms with Crippen LogP contribution in [0.5, 0.6) is 5.75 Å². The zero-order chi connectivity index (χ0) is 14.8. The van der Waals surface area contributed by atoms with Gasteiger partial charge in [0.2, 0.25) is 0 Å². The van der Waals surface area contributed by atoms with E-state index < -0.39 is 0 Å². The lowest BCUT2D eigenvalue weighted by Gasteiger charge is -2.13. The van der Waals surface area contributed by atoms with E-state index in [1.54, 1.807) is 7.11 Å². The maximum Gasteiger partial charge on any atom is 0.119 e. The molecule has 0 heterocycles. The summed E-state index contributed by atoms with van der Waals surface area (Å²) in [5.41, 5.74) is 3.43. The smallest absolute Gasteiger partial charge is 0.119 e. The molecule has 1 saturated carbocycles. The Hall–Kier alpha value is -1.22. The lowest BCUT2D eigenvalue weighted by atomic mass is 9.99. The molecule has 0 unspecified atom stereocenters. The number of hydrogen-bond acceptors (Lipinski definition) is 2. The third kappa shape index (κ3) is 3.52. The highest BCUT2D eigenvalue weighted by Gasteiger charge is 2.20. The Morgan fingerprint density at radius 2 is 1.90 bits per heavy atom. The van der Waals surface area contributed by atoms with Crippen LogP contribution in [0.15, 0.2) is 36.4 Å². The molecule has 0 bridgehead atoms. The number of rotatable bonds is 5. The summed E-state index contributed by atoms with van der Waals surface area (Å²) in [6, 6.07) is 12.5. The van der Waals surface area contributed by atoms with Crippen LogP contribution in [0.1, 0.15) is 18.4 Å². The standard InChI is InChI=1S/C17H17Cl2NO/c1-21-14-5-6-15(11-2-7-16(18)17(19)9-11)12(8-14)10-20-13-3-4-13/h2,5-9,13,20H,3-4,10H2,1H3. The second-order valence-corrected chi connectivity index (χ2v) is 6.12. The molecule has 0 atom stereocenters. The average Bonchev–Trinajstić information content (AvgIpc) is 3.32. The number of halogens is 2. The Labute approximate surface area is 135 Å². The first-order valence-corrected chi connectivity index (χ1v) is 7.78. The minimum atomic E-state index is 0.575. The van der Waals surface area contributed by atoms with Gasteiger partial charge in [-0.25, -0.2) is 0 Å². The molecular weight excluding hydrogens is 305 g/mol. The van der Waals surface area contributed by atoms with E-state index in [1.165, 1.54) is 18.4 Å². The predicted octanol–water partition coefficient (Wildman–Crippen LogP) is 4.92. The molecule has 1 aliphatic carbocycles. The van der Waals surface area contributed by atoms with Gasteiger partial charge in [0.25, 0.3) is 0 Å². The molecule has 1 N–H and O–H groups in total. The summed E-state index contributed by atoms with van der Waals surface area (Å²) in [5, 5.41) is 4.70. The first-order valence-electron chi connectivity index (χ1n) is 7.03. The van der Waals surface area contributed by atoms with Crippen LogP contribution in [0, 0.1) is 0 Å². The number of nitrogens with one attached hydrogen (secondary N) is 1. The van der Waals surface area contributed by atoms with Crippen molar-refractivity contribution >= 4 is 23.2 Å². The van der Waals surface area contributed by atoms with Gasteiger partial charge in [-0.2, -0.15) is 0 Å². The molecule has 0 spiro atoms.